The molecule has 2 aromatic rings. The van der Waals surface area contributed by atoms with E-state index in [0.29, 0.717) is 17.2 Å². The zero-order valence-corrected chi connectivity index (χ0v) is 12.4. The van der Waals surface area contributed by atoms with Crippen LogP contribution in [0.3, 0.4) is 0 Å². The lowest BCUT2D eigenvalue weighted by Gasteiger charge is -2.18. The summed E-state index contributed by atoms with van der Waals surface area (Å²) in [7, 11) is 1.59. The molecule has 0 amide bonds. The second kappa shape index (κ2) is 5.49. The van der Waals surface area contributed by atoms with Crippen LogP contribution in [-0.2, 0) is 0 Å². The van der Waals surface area contributed by atoms with Gasteiger partial charge < -0.3 is 10.5 Å². The van der Waals surface area contributed by atoms with Crippen LogP contribution in [0.4, 0.5) is 4.39 Å². The number of ether oxygens (including phenoxy) is 1. The molecule has 2 aromatic carbocycles. The largest absolute Gasteiger partial charge is 0.497 e. The van der Waals surface area contributed by atoms with Crippen molar-refractivity contribution in [3.8, 4) is 16.9 Å². The Balaban J connectivity index is 2.13. The molecule has 1 unspecified atom stereocenters. The third kappa shape index (κ3) is 2.79. The molecular weight excluding hydrogens is 265 g/mol. The number of benzene rings is 2. The summed E-state index contributed by atoms with van der Waals surface area (Å²) in [6.07, 6.45) is 2.32. The van der Waals surface area contributed by atoms with Gasteiger partial charge in [-0.25, -0.2) is 4.39 Å². The van der Waals surface area contributed by atoms with E-state index in [4.69, 9.17) is 10.5 Å². The van der Waals surface area contributed by atoms with Crippen LogP contribution in [-0.4, -0.2) is 7.11 Å². The second-order valence-electron chi connectivity index (χ2n) is 5.80. The maximum Gasteiger partial charge on any atom is 0.131 e. The maximum atomic E-state index is 14.3. The number of nitrogens with two attached hydrogens (primary N) is 1. The van der Waals surface area contributed by atoms with Crippen molar-refractivity contribution in [2.24, 2.45) is 11.7 Å². The molecule has 0 spiro atoms. The number of hydrogen-bond donors (Lipinski definition) is 1. The van der Waals surface area contributed by atoms with E-state index in [-0.39, 0.29) is 11.9 Å². The van der Waals surface area contributed by atoms with Crippen LogP contribution in [0.15, 0.2) is 36.4 Å². The van der Waals surface area contributed by atoms with E-state index < -0.39 is 0 Å². The van der Waals surface area contributed by atoms with E-state index in [0.717, 1.165) is 29.5 Å². The molecule has 0 aliphatic heterocycles. The van der Waals surface area contributed by atoms with Crippen molar-refractivity contribution in [2.75, 3.05) is 7.11 Å². The topological polar surface area (TPSA) is 35.2 Å². The normalized spacial score (nSPS) is 15.8. The molecule has 110 valence electrons. The lowest BCUT2D eigenvalue weighted by molar-refractivity contribution is 0.414. The molecular formula is C18H20FNO. The number of aryl methyl sites for hydroxylation is 1. The minimum absolute atomic E-state index is 0.0227. The summed E-state index contributed by atoms with van der Waals surface area (Å²) in [6.45, 7) is 2.04. The Morgan fingerprint density at radius 2 is 1.90 bits per heavy atom. The molecule has 1 saturated carbocycles. The van der Waals surface area contributed by atoms with Crippen LogP contribution in [0.1, 0.15) is 30.0 Å². The van der Waals surface area contributed by atoms with Gasteiger partial charge in [0.25, 0.3) is 0 Å². The lowest BCUT2D eigenvalue weighted by Crippen LogP contribution is -2.14. The van der Waals surface area contributed by atoms with E-state index in [2.05, 4.69) is 6.07 Å². The summed E-state index contributed by atoms with van der Waals surface area (Å²) in [4.78, 5) is 0. The highest BCUT2D eigenvalue weighted by Crippen LogP contribution is 2.43. The number of rotatable bonds is 4. The molecule has 0 aromatic heterocycles. The van der Waals surface area contributed by atoms with Crippen molar-refractivity contribution < 1.29 is 9.13 Å². The Morgan fingerprint density at radius 3 is 2.57 bits per heavy atom. The molecule has 2 N–H and O–H groups in total. The molecule has 1 fully saturated rings. The number of methoxy groups -OCH3 is 1. The molecule has 3 rings (SSSR count). The van der Waals surface area contributed by atoms with E-state index in [9.17, 15) is 4.39 Å². The summed E-state index contributed by atoms with van der Waals surface area (Å²) in [5.74, 6) is 0.932. The van der Waals surface area contributed by atoms with Crippen molar-refractivity contribution in [3.63, 3.8) is 0 Å². The summed E-state index contributed by atoms with van der Waals surface area (Å²) in [6, 6.07) is 10.8. The fourth-order valence-corrected chi connectivity index (χ4v) is 2.75. The fraction of sp³-hybridized carbons (Fsp3) is 0.333. The van der Waals surface area contributed by atoms with Gasteiger partial charge in [-0.1, -0.05) is 23.8 Å². The fourth-order valence-electron chi connectivity index (χ4n) is 2.75. The third-order valence-electron chi connectivity index (χ3n) is 4.16. The average Bonchev–Trinajstić information content (AvgIpc) is 3.32. The van der Waals surface area contributed by atoms with Crippen molar-refractivity contribution >= 4 is 0 Å². The first-order valence-electron chi connectivity index (χ1n) is 7.30. The summed E-state index contributed by atoms with van der Waals surface area (Å²) in [5, 5.41) is 0. The van der Waals surface area contributed by atoms with Crippen LogP contribution >= 0.6 is 0 Å². The quantitative estimate of drug-likeness (QED) is 0.913. The van der Waals surface area contributed by atoms with Crippen molar-refractivity contribution in [3.05, 3.63) is 53.3 Å². The molecule has 3 heteroatoms. The zero-order valence-electron chi connectivity index (χ0n) is 12.4. The van der Waals surface area contributed by atoms with Crippen LogP contribution < -0.4 is 10.5 Å². The highest BCUT2D eigenvalue weighted by Gasteiger charge is 2.31. The highest BCUT2D eigenvalue weighted by atomic mass is 19.1. The van der Waals surface area contributed by atoms with Gasteiger partial charge in [0.05, 0.1) is 7.11 Å². The Labute approximate surface area is 124 Å². The van der Waals surface area contributed by atoms with E-state index in [1.807, 2.05) is 19.1 Å². The van der Waals surface area contributed by atoms with Gasteiger partial charge in [0.15, 0.2) is 0 Å². The molecule has 0 bridgehead atoms. The monoisotopic (exact) mass is 285 g/mol. The van der Waals surface area contributed by atoms with E-state index in [1.54, 1.807) is 19.2 Å². The van der Waals surface area contributed by atoms with Crippen molar-refractivity contribution in [1.82, 2.24) is 0 Å². The number of hydrogen-bond acceptors (Lipinski definition) is 2. The van der Waals surface area contributed by atoms with Crippen LogP contribution in [0.25, 0.3) is 11.1 Å². The van der Waals surface area contributed by atoms with Gasteiger partial charge >= 0.3 is 0 Å². The maximum absolute atomic E-state index is 14.3. The summed E-state index contributed by atoms with van der Waals surface area (Å²) >= 11 is 0. The molecule has 1 aliphatic carbocycles. The molecule has 2 nitrogen and oxygen atoms in total. The van der Waals surface area contributed by atoms with Gasteiger partial charge in [0.2, 0.25) is 0 Å². The minimum Gasteiger partial charge on any atom is -0.497 e. The van der Waals surface area contributed by atoms with Gasteiger partial charge in [0.1, 0.15) is 11.6 Å². The van der Waals surface area contributed by atoms with Gasteiger partial charge in [-0.15, -0.1) is 0 Å². The standard InChI is InChI=1S/C18H20FNO/c1-11-3-7-14(16(9-11)18(20)12-4-5-12)15-10-13(21-2)6-8-17(15)19/h3,6-10,12,18H,4-5,20H2,1-2H3. The van der Waals surface area contributed by atoms with Crippen LogP contribution in [0.5, 0.6) is 5.75 Å². The predicted octanol–water partition coefficient (Wildman–Crippen LogP) is 4.22. The predicted molar refractivity (Wildman–Crippen MR) is 82.8 cm³/mol. The Bertz CT molecular complexity index is 664. The van der Waals surface area contributed by atoms with Crippen LogP contribution in [0, 0.1) is 18.7 Å². The molecule has 1 atom stereocenters. The van der Waals surface area contributed by atoms with Gasteiger partial charge in [-0.2, -0.15) is 0 Å². The van der Waals surface area contributed by atoms with Gasteiger partial charge in [-0.3, -0.25) is 0 Å². The average molecular weight is 285 g/mol. The summed E-state index contributed by atoms with van der Waals surface area (Å²) in [5.41, 5.74) is 9.98. The van der Waals surface area contributed by atoms with Gasteiger partial charge in [-0.05, 0) is 55.0 Å². The zero-order chi connectivity index (χ0) is 15.0. The first-order valence-corrected chi connectivity index (χ1v) is 7.30. The van der Waals surface area contributed by atoms with E-state index in [1.165, 1.54) is 6.07 Å². The Kier molecular flexibility index (Phi) is 3.68. The SMILES string of the molecule is COc1ccc(F)c(-c2ccc(C)cc2C(N)C2CC2)c1. The summed E-state index contributed by atoms with van der Waals surface area (Å²) < 4.78 is 19.5. The first-order chi connectivity index (χ1) is 10.1. The highest BCUT2D eigenvalue weighted by molar-refractivity contribution is 5.70. The van der Waals surface area contributed by atoms with Crippen LogP contribution in [0.2, 0.25) is 0 Å². The third-order valence-corrected chi connectivity index (χ3v) is 4.16. The molecule has 21 heavy (non-hydrogen) atoms. The van der Waals surface area contributed by atoms with Crippen molar-refractivity contribution in [1.29, 1.82) is 0 Å². The molecule has 0 heterocycles. The molecule has 0 saturated heterocycles. The van der Waals surface area contributed by atoms with Gasteiger partial charge in [0, 0.05) is 11.6 Å². The Hall–Kier alpha value is -1.87. The minimum atomic E-state index is -0.246. The Morgan fingerprint density at radius 1 is 1.14 bits per heavy atom. The lowest BCUT2D eigenvalue weighted by atomic mass is 9.91. The molecule has 0 radical (unpaired) electrons. The van der Waals surface area contributed by atoms with Crippen molar-refractivity contribution in [2.45, 2.75) is 25.8 Å². The molecule has 1 aliphatic rings. The van der Waals surface area contributed by atoms with E-state index >= 15 is 0 Å². The first kappa shape index (κ1) is 14.1. The smallest absolute Gasteiger partial charge is 0.131 e. The second-order valence-corrected chi connectivity index (χ2v) is 5.80. The number of halogens is 1.